The summed E-state index contributed by atoms with van der Waals surface area (Å²) >= 11 is 0. The molecule has 1 fully saturated rings. The maximum Gasteiger partial charge on any atom is 0.407 e. The van der Waals surface area contributed by atoms with E-state index in [1.54, 1.807) is 0 Å². The van der Waals surface area contributed by atoms with Crippen LogP contribution in [0.3, 0.4) is 0 Å². The molecule has 1 saturated heterocycles. The van der Waals surface area contributed by atoms with Gasteiger partial charge in [0.15, 0.2) is 13.9 Å². The summed E-state index contributed by atoms with van der Waals surface area (Å²) in [5.74, 6) is 6.12. The molecule has 1 rings (SSSR count). The number of hydrogen-bond donors (Lipinski definition) is 1. The van der Waals surface area contributed by atoms with E-state index in [9.17, 15) is 4.79 Å². The Bertz CT molecular complexity index is 533. The lowest BCUT2D eigenvalue weighted by atomic mass is 9.94. The fourth-order valence-corrected chi connectivity index (χ4v) is 3.14. The van der Waals surface area contributed by atoms with Crippen LogP contribution in [0.1, 0.15) is 34.1 Å². The summed E-state index contributed by atoms with van der Waals surface area (Å²) in [4.78, 5) is 12.2. The van der Waals surface area contributed by atoms with Gasteiger partial charge in [-0.2, -0.15) is 0 Å². The second-order valence-corrected chi connectivity index (χ2v) is 12.6. The van der Waals surface area contributed by atoms with Crippen molar-refractivity contribution in [2.24, 2.45) is 0 Å². The van der Waals surface area contributed by atoms with Gasteiger partial charge in [-0.3, -0.25) is 0 Å². The molecule has 0 spiro atoms. The second-order valence-electron chi connectivity index (χ2n) is 7.78. The van der Waals surface area contributed by atoms with Crippen LogP contribution < -0.4 is 0 Å². The van der Waals surface area contributed by atoms with E-state index in [0.29, 0.717) is 19.6 Å². The number of likely N-dealkylation sites (tertiary alicyclic amines) is 1. The van der Waals surface area contributed by atoms with E-state index >= 15 is 0 Å². The van der Waals surface area contributed by atoms with Crippen LogP contribution in [0.25, 0.3) is 0 Å². The van der Waals surface area contributed by atoms with E-state index in [4.69, 9.17) is 14.3 Å². The Labute approximate surface area is 147 Å². The number of amides is 1. The molecule has 1 heterocycles. The summed E-state index contributed by atoms with van der Waals surface area (Å²) in [5, 5.41) is 9.15. The van der Waals surface area contributed by atoms with Crippen molar-refractivity contribution in [2.75, 3.05) is 26.3 Å². The highest BCUT2D eigenvalue weighted by Gasteiger charge is 2.45. The Kier molecular flexibility index (Phi) is 6.68. The molecule has 6 heteroatoms. The number of nitrogens with zero attached hydrogens (tertiary/aromatic N) is 1. The lowest BCUT2D eigenvalue weighted by molar-refractivity contribution is -0.0888. The van der Waals surface area contributed by atoms with Gasteiger partial charge in [-0.05, 0) is 30.6 Å². The number of carbonyl (C=O) groups is 1. The van der Waals surface area contributed by atoms with Gasteiger partial charge in [0.25, 0.3) is 0 Å². The van der Waals surface area contributed by atoms with Gasteiger partial charge in [0.05, 0.1) is 13.1 Å². The smallest absolute Gasteiger partial charge is 0.407 e. The Morgan fingerprint density at radius 1 is 1.38 bits per heavy atom. The molecule has 0 aromatic carbocycles. The fourth-order valence-electron chi connectivity index (χ4n) is 2.10. The normalized spacial score (nSPS) is 16.8. The highest BCUT2D eigenvalue weighted by molar-refractivity contribution is 6.74. The average molecular weight is 354 g/mol. The molecule has 0 aliphatic carbocycles. The van der Waals surface area contributed by atoms with Crippen LogP contribution in [0.4, 0.5) is 4.79 Å². The lowest BCUT2D eigenvalue weighted by Crippen LogP contribution is -2.63. The first kappa shape index (κ1) is 20.8. The molecule has 0 aromatic rings. The summed E-state index contributed by atoms with van der Waals surface area (Å²) in [6, 6.07) is 0. The number of rotatable bonds is 6. The first-order chi connectivity index (χ1) is 10.9. The van der Waals surface area contributed by atoms with Crippen LogP contribution in [0.2, 0.25) is 18.1 Å². The second kappa shape index (κ2) is 7.73. The van der Waals surface area contributed by atoms with Gasteiger partial charge in [0.2, 0.25) is 0 Å². The molecule has 24 heavy (non-hydrogen) atoms. The Morgan fingerprint density at radius 2 is 1.96 bits per heavy atom. The van der Waals surface area contributed by atoms with Crippen molar-refractivity contribution >= 4 is 14.4 Å². The minimum absolute atomic E-state index is 0.186. The predicted octanol–water partition coefficient (Wildman–Crippen LogP) is 3.73. The van der Waals surface area contributed by atoms with Gasteiger partial charge < -0.3 is 19.2 Å². The van der Waals surface area contributed by atoms with Crippen molar-refractivity contribution in [3.63, 3.8) is 0 Å². The van der Waals surface area contributed by atoms with E-state index in [1.807, 2.05) is 6.92 Å². The summed E-state index contributed by atoms with van der Waals surface area (Å²) in [5.41, 5.74) is 0.109. The summed E-state index contributed by atoms with van der Waals surface area (Å²) < 4.78 is 11.8. The minimum atomic E-state index is -1.75. The number of ether oxygens (including phenoxy) is 1. The molecule has 136 valence electrons. The molecule has 1 N–H and O–H groups in total. The van der Waals surface area contributed by atoms with Crippen LogP contribution in [0.15, 0.2) is 12.2 Å². The minimum Gasteiger partial charge on any atom is -0.465 e. The van der Waals surface area contributed by atoms with Crippen LogP contribution in [-0.2, 0) is 9.16 Å². The highest BCUT2D eigenvalue weighted by atomic mass is 28.4. The first-order valence-electron chi connectivity index (χ1n) is 8.39. The summed E-state index contributed by atoms with van der Waals surface area (Å²) in [7, 11) is -1.75. The van der Waals surface area contributed by atoms with Gasteiger partial charge in [0, 0.05) is 19.6 Å². The first-order valence-corrected chi connectivity index (χ1v) is 11.3. The number of hydrogen-bond acceptors (Lipinski definition) is 3. The van der Waals surface area contributed by atoms with Gasteiger partial charge >= 0.3 is 6.09 Å². The topological polar surface area (TPSA) is 59.0 Å². The Morgan fingerprint density at radius 3 is 2.42 bits per heavy atom. The monoisotopic (exact) mass is 353 g/mol. The Hall–Kier alpha value is -1.29. The fraction of sp³-hybridized carbons (Fsp3) is 0.722. The van der Waals surface area contributed by atoms with Crippen molar-refractivity contribution in [3.8, 4) is 11.8 Å². The predicted molar refractivity (Wildman–Crippen MR) is 98.6 cm³/mol. The van der Waals surface area contributed by atoms with Gasteiger partial charge in [-0.1, -0.05) is 39.2 Å². The average Bonchev–Trinajstić information content (AvgIpc) is 2.39. The van der Waals surface area contributed by atoms with Crippen LogP contribution in [0.5, 0.6) is 0 Å². The van der Waals surface area contributed by atoms with E-state index < -0.39 is 20.0 Å². The molecule has 0 bridgehead atoms. The zero-order chi connectivity index (χ0) is 18.6. The van der Waals surface area contributed by atoms with E-state index in [1.165, 1.54) is 4.90 Å². The molecule has 0 saturated carbocycles. The van der Waals surface area contributed by atoms with Crippen LogP contribution in [-0.4, -0.2) is 56.3 Å². The van der Waals surface area contributed by atoms with Crippen LogP contribution in [0, 0.1) is 11.8 Å². The van der Waals surface area contributed by atoms with Crippen molar-refractivity contribution in [1.29, 1.82) is 0 Å². The zero-order valence-electron chi connectivity index (χ0n) is 15.9. The zero-order valence-corrected chi connectivity index (χ0v) is 16.9. The van der Waals surface area contributed by atoms with E-state index in [0.717, 1.165) is 5.57 Å². The largest absolute Gasteiger partial charge is 0.465 e. The standard InChI is InChI=1S/C18H31NO4Si/c1-8-22-18(13-19(14-18)16(20)21)11-9-15(2)10-12-23-24(6,7)17(3,4)5/h2,8,10,12-14H2,1,3-7H3,(H,20,21). The van der Waals surface area contributed by atoms with Crippen molar-refractivity contribution < 1.29 is 19.1 Å². The Balaban J connectivity index is 2.53. The van der Waals surface area contributed by atoms with Crippen molar-refractivity contribution in [1.82, 2.24) is 4.90 Å². The van der Waals surface area contributed by atoms with E-state index in [2.05, 4.69) is 52.3 Å². The molecule has 0 radical (unpaired) electrons. The summed E-state index contributed by atoms with van der Waals surface area (Å²) in [6.45, 7) is 18.7. The summed E-state index contributed by atoms with van der Waals surface area (Å²) in [6.07, 6.45) is -0.251. The van der Waals surface area contributed by atoms with Crippen molar-refractivity contribution in [2.45, 2.75) is 57.8 Å². The third kappa shape index (κ3) is 5.37. The van der Waals surface area contributed by atoms with Crippen molar-refractivity contribution in [3.05, 3.63) is 12.2 Å². The highest BCUT2D eigenvalue weighted by Crippen LogP contribution is 2.36. The molecular weight excluding hydrogens is 322 g/mol. The molecule has 0 aromatic heterocycles. The molecule has 5 nitrogen and oxygen atoms in total. The maximum absolute atomic E-state index is 10.9. The molecular formula is C18H31NO4Si. The van der Waals surface area contributed by atoms with Gasteiger partial charge in [-0.15, -0.1) is 0 Å². The molecule has 0 atom stereocenters. The maximum atomic E-state index is 10.9. The SMILES string of the molecule is C=C(C#CC1(OCC)CN(C(=O)O)C1)CCO[Si](C)(C)C(C)(C)C. The van der Waals surface area contributed by atoms with Gasteiger partial charge in [0.1, 0.15) is 0 Å². The number of carboxylic acid groups (broad SMARTS) is 1. The van der Waals surface area contributed by atoms with E-state index in [-0.39, 0.29) is 18.1 Å². The quantitative estimate of drug-likeness (QED) is 0.584. The molecule has 1 aliphatic rings. The molecule has 1 aliphatic heterocycles. The van der Waals surface area contributed by atoms with Gasteiger partial charge in [-0.25, -0.2) is 4.79 Å². The third-order valence-corrected chi connectivity index (χ3v) is 9.26. The third-order valence-electron chi connectivity index (χ3n) is 4.72. The molecule has 1 amide bonds. The lowest BCUT2D eigenvalue weighted by Gasteiger charge is -2.44. The molecule has 0 unspecified atom stereocenters. The van der Waals surface area contributed by atoms with Crippen LogP contribution >= 0.6 is 0 Å².